The van der Waals surface area contributed by atoms with Gasteiger partial charge in [0, 0.05) is 35.6 Å². The molecule has 4 nitrogen and oxygen atoms in total. The largest absolute Gasteiger partial charge is 0.481 e. The lowest BCUT2D eigenvalue weighted by Gasteiger charge is -2.42. The van der Waals surface area contributed by atoms with Crippen LogP contribution in [0.1, 0.15) is 36.1 Å². The summed E-state index contributed by atoms with van der Waals surface area (Å²) in [4.78, 5) is 13.1. The molecule has 180 valence electrons. The number of nitrogens with zero attached hydrogens (tertiary/aromatic N) is 1. The summed E-state index contributed by atoms with van der Waals surface area (Å²) >= 11 is 0. The van der Waals surface area contributed by atoms with E-state index in [4.69, 9.17) is 9.52 Å². The van der Waals surface area contributed by atoms with E-state index in [0.717, 1.165) is 5.56 Å². The molecule has 2 heterocycles. The fraction of sp³-hybridized carbons (Fsp3) is 0.250. The van der Waals surface area contributed by atoms with Crippen LogP contribution in [-0.4, -0.2) is 29.1 Å². The Bertz CT molecular complexity index is 1380. The van der Waals surface area contributed by atoms with E-state index in [9.17, 15) is 4.79 Å². The van der Waals surface area contributed by atoms with Crippen LogP contribution in [0.5, 0.6) is 0 Å². The van der Waals surface area contributed by atoms with Gasteiger partial charge in [0.15, 0.2) is 0 Å². The molecule has 4 aromatic rings. The summed E-state index contributed by atoms with van der Waals surface area (Å²) in [5.74, 6) is -4.60. The number of carboxylic acids is 1. The van der Waals surface area contributed by atoms with E-state index in [0.29, 0.717) is 30.5 Å². The first-order valence-corrected chi connectivity index (χ1v) is 11.5. The van der Waals surface area contributed by atoms with Gasteiger partial charge < -0.3 is 9.52 Å². The molecule has 0 aliphatic carbocycles. The Hall–Kier alpha value is -3.58. The Kier molecular flexibility index (Phi) is 5.89. The summed E-state index contributed by atoms with van der Waals surface area (Å²) in [6, 6.07) is 18.1. The van der Waals surface area contributed by atoms with Gasteiger partial charge >= 0.3 is 5.97 Å². The molecule has 1 N–H and O–H groups in total. The Morgan fingerprint density at radius 3 is 2.46 bits per heavy atom. The summed E-state index contributed by atoms with van der Waals surface area (Å²) in [7, 11) is 0. The van der Waals surface area contributed by atoms with E-state index in [2.05, 4.69) is 0 Å². The van der Waals surface area contributed by atoms with Crippen molar-refractivity contribution in [3.63, 3.8) is 0 Å². The number of hydrogen-bond acceptors (Lipinski definition) is 3. The SMILES string of the molecule is CCC(c1ccc(-c2cc3cc(C(F)(F)c4ccccc4)ccc3o2)c(F)c1)N1CC(C(=O)O)C1. The molecule has 1 aliphatic heterocycles. The predicted octanol–water partition coefficient (Wildman–Crippen LogP) is 6.85. The van der Waals surface area contributed by atoms with Gasteiger partial charge in [0.25, 0.3) is 5.92 Å². The molecule has 1 atom stereocenters. The van der Waals surface area contributed by atoms with Crippen LogP contribution in [-0.2, 0) is 10.7 Å². The first kappa shape index (κ1) is 23.2. The minimum atomic E-state index is -3.18. The van der Waals surface area contributed by atoms with Crippen molar-refractivity contribution in [1.29, 1.82) is 0 Å². The number of aliphatic carboxylic acids is 1. The standard InChI is InChI=1S/C28H24F3NO3/c1-2-24(32-15-19(16-32)27(33)34)17-8-10-22(23(29)13-17)26-14-18-12-21(9-11-25(18)35-26)28(30,31)20-6-4-3-5-7-20/h3-14,19,24H,2,15-16H2,1H3,(H,33,34). The van der Waals surface area contributed by atoms with Gasteiger partial charge in [-0.05, 0) is 48.4 Å². The number of fused-ring (bicyclic) bond motifs is 1. The molecule has 0 radical (unpaired) electrons. The van der Waals surface area contributed by atoms with Crippen molar-refractivity contribution in [2.24, 2.45) is 5.92 Å². The number of hydrogen-bond donors (Lipinski definition) is 1. The van der Waals surface area contributed by atoms with Crippen molar-refractivity contribution in [3.8, 4) is 11.3 Å². The van der Waals surface area contributed by atoms with Gasteiger partial charge in [0.1, 0.15) is 17.2 Å². The topological polar surface area (TPSA) is 53.7 Å². The summed E-state index contributed by atoms with van der Waals surface area (Å²) in [6.45, 7) is 2.86. The number of halogens is 3. The van der Waals surface area contributed by atoms with E-state index in [-0.39, 0.29) is 34.4 Å². The second kappa shape index (κ2) is 8.89. The fourth-order valence-electron chi connectivity index (χ4n) is 4.75. The molecule has 3 aromatic carbocycles. The minimum Gasteiger partial charge on any atom is -0.481 e. The third kappa shape index (κ3) is 4.21. The lowest BCUT2D eigenvalue weighted by molar-refractivity contribution is -0.148. The van der Waals surface area contributed by atoms with E-state index in [1.54, 1.807) is 30.3 Å². The maximum absolute atomic E-state index is 15.1. The van der Waals surface area contributed by atoms with E-state index >= 15 is 13.2 Å². The number of furan rings is 1. The average molecular weight is 479 g/mol. The van der Waals surface area contributed by atoms with E-state index in [1.807, 2.05) is 17.9 Å². The highest BCUT2D eigenvalue weighted by Crippen LogP contribution is 2.39. The van der Waals surface area contributed by atoms with Crippen LogP contribution in [0.3, 0.4) is 0 Å². The maximum atomic E-state index is 15.1. The van der Waals surface area contributed by atoms with E-state index in [1.165, 1.54) is 36.4 Å². The predicted molar refractivity (Wildman–Crippen MR) is 127 cm³/mol. The maximum Gasteiger partial charge on any atom is 0.309 e. The Morgan fingerprint density at radius 2 is 1.80 bits per heavy atom. The number of rotatable bonds is 7. The Morgan fingerprint density at radius 1 is 1.06 bits per heavy atom. The number of carboxylic acid groups (broad SMARTS) is 1. The zero-order chi connectivity index (χ0) is 24.7. The highest BCUT2D eigenvalue weighted by Gasteiger charge is 2.37. The van der Waals surface area contributed by atoms with Gasteiger partial charge in [-0.25, -0.2) is 4.39 Å². The van der Waals surface area contributed by atoms with Gasteiger partial charge in [-0.2, -0.15) is 8.78 Å². The molecule has 0 bridgehead atoms. The number of benzene rings is 3. The van der Waals surface area contributed by atoms with Crippen LogP contribution in [0, 0.1) is 11.7 Å². The molecule has 1 fully saturated rings. The summed E-state index contributed by atoms with van der Waals surface area (Å²) in [5, 5.41) is 9.58. The monoisotopic (exact) mass is 479 g/mol. The van der Waals surface area contributed by atoms with Gasteiger partial charge in [-0.15, -0.1) is 0 Å². The van der Waals surface area contributed by atoms with Crippen molar-refractivity contribution in [3.05, 3.63) is 95.3 Å². The van der Waals surface area contributed by atoms with Gasteiger partial charge in [0.05, 0.1) is 11.5 Å². The molecular weight excluding hydrogens is 455 g/mol. The molecule has 1 saturated heterocycles. The number of carbonyl (C=O) groups is 1. The molecule has 1 aliphatic rings. The number of alkyl halides is 2. The average Bonchev–Trinajstić information content (AvgIpc) is 3.24. The molecule has 0 amide bonds. The molecule has 0 saturated carbocycles. The highest BCUT2D eigenvalue weighted by atomic mass is 19.3. The summed E-state index contributed by atoms with van der Waals surface area (Å²) in [5.41, 5.74) is 1.12. The van der Waals surface area contributed by atoms with Crippen molar-refractivity contribution in [1.82, 2.24) is 4.90 Å². The van der Waals surface area contributed by atoms with Crippen LogP contribution in [0.4, 0.5) is 13.2 Å². The second-order valence-corrected chi connectivity index (χ2v) is 8.96. The molecule has 1 unspecified atom stereocenters. The lowest BCUT2D eigenvalue weighted by Crippen LogP contribution is -2.51. The van der Waals surface area contributed by atoms with Crippen LogP contribution in [0.2, 0.25) is 0 Å². The van der Waals surface area contributed by atoms with Crippen LogP contribution < -0.4 is 0 Å². The van der Waals surface area contributed by atoms with Crippen molar-refractivity contribution in [2.75, 3.05) is 13.1 Å². The molecule has 1 aromatic heterocycles. The van der Waals surface area contributed by atoms with E-state index < -0.39 is 17.7 Å². The molecule has 5 rings (SSSR count). The quantitative estimate of drug-likeness (QED) is 0.315. The normalized spacial score (nSPS) is 15.8. The summed E-state index contributed by atoms with van der Waals surface area (Å²) in [6.07, 6.45) is 0.716. The third-order valence-corrected chi connectivity index (χ3v) is 6.75. The smallest absolute Gasteiger partial charge is 0.309 e. The Labute approximate surface area is 200 Å². The Balaban J connectivity index is 1.42. The molecular formula is C28H24F3NO3. The first-order chi connectivity index (χ1) is 16.8. The van der Waals surface area contributed by atoms with Crippen molar-refractivity contribution >= 4 is 16.9 Å². The minimum absolute atomic E-state index is 0.0763. The highest BCUT2D eigenvalue weighted by molar-refractivity contribution is 5.84. The van der Waals surface area contributed by atoms with Crippen molar-refractivity contribution < 1.29 is 27.5 Å². The van der Waals surface area contributed by atoms with Gasteiger partial charge in [-0.3, -0.25) is 9.69 Å². The van der Waals surface area contributed by atoms with Crippen LogP contribution in [0.15, 0.2) is 77.2 Å². The van der Waals surface area contributed by atoms with Gasteiger partial charge in [-0.1, -0.05) is 43.3 Å². The molecule has 35 heavy (non-hydrogen) atoms. The lowest BCUT2D eigenvalue weighted by atomic mass is 9.92. The second-order valence-electron chi connectivity index (χ2n) is 8.96. The zero-order valence-corrected chi connectivity index (χ0v) is 19.0. The first-order valence-electron chi connectivity index (χ1n) is 11.5. The third-order valence-electron chi connectivity index (χ3n) is 6.75. The zero-order valence-electron chi connectivity index (χ0n) is 19.0. The number of likely N-dealkylation sites (tertiary alicyclic amines) is 1. The molecule has 0 spiro atoms. The fourth-order valence-corrected chi connectivity index (χ4v) is 4.75. The van der Waals surface area contributed by atoms with Crippen molar-refractivity contribution in [2.45, 2.75) is 25.3 Å². The summed E-state index contributed by atoms with van der Waals surface area (Å²) < 4.78 is 51.0. The van der Waals surface area contributed by atoms with Crippen LogP contribution in [0.25, 0.3) is 22.3 Å². The van der Waals surface area contributed by atoms with Crippen LogP contribution >= 0.6 is 0 Å². The van der Waals surface area contributed by atoms with Gasteiger partial charge in [0.2, 0.25) is 0 Å². The molecule has 7 heteroatoms.